The molecule has 0 heterocycles. The second-order valence-corrected chi connectivity index (χ2v) is 7.10. The highest BCUT2D eigenvalue weighted by molar-refractivity contribution is 9.10. The Hall–Kier alpha value is -0.840. The molecule has 0 radical (unpaired) electrons. The molecule has 3 rings (SSSR count). The predicted octanol–water partition coefficient (Wildman–Crippen LogP) is 5.04. The summed E-state index contributed by atoms with van der Waals surface area (Å²) < 4.78 is 7.96. The van der Waals surface area contributed by atoms with Crippen LogP contribution in [0.25, 0.3) is 0 Å². The van der Waals surface area contributed by atoms with Crippen molar-refractivity contribution in [2.75, 3.05) is 0 Å². The Morgan fingerprint density at radius 1 is 1.10 bits per heavy atom. The van der Waals surface area contributed by atoms with E-state index >= 15 is 0 Å². The van der Waals surface area contributed by atoms with Gasteiger partial charge < -0.3 is 10.1 Å². The fraction of sp³-hybridized carbons (Fsp3) is 0.294. The van der Waals surface area contributed by atoms with Crippen LogP contribution in [0, 0.1) is 0 Å². The summed E-state index contributed by atoms with van der Waals surface area (Å²) >= 11 is 7.09. The summed E-state index contributed by atoms with van der Waals surface area (Å²) in [5.74, 6) is 0.871. The monoisotopic (exact) mass is 409 g/mol. The van der Waals surface area contributed by atoms with Crippen LogP contribution in [0.5, 0.6) is 5.75 Å². The standard InChI is InChI=1S/C17H17Br2NO/c18-14-2-1-3-16(9-14)21-11-13-5-4-12(8-17(13)19)10-20-15-6-7-15/h1-5,8-9,15,20H,6-7,10-11H2. The Bertz CT molecular complexity index is 626. The van der Waals surface area contributed by atoms with E-state index in [0.29, 0.717) is 6.61 Å². The van der Waals surface area contributed by atoms with E-state index in [1.807, 2.05) is 24.3 Å². The lowest BCUT2D eigenvalue weighted by molar-refractivity contribution is 0.305. The van der Waals surface area contributed by atoms with Gasteiger partial charge in [0, 0.05) is 27.1 Å². The van der Waals surface area contributed by atoms with E-state index in [1.54, 1.807) is 0 Å². The van der Waals surface area contributed by atoms with Crippen LogP contribution >= 0.6 is 31.9 Å². The third-order valence-corrected chi connectivity index (χ3v) is 4.71. The Morgan fingerprint density at radius 3 is 2.67 bits per heavy atom. The zero-order chi connectivity index (χ0) is 14.7. The summed E-state index contributed by atoms with van der Waals surface area (Å²) in [6, 6.07) is 15.1. The number of benzene rings is 2. The highest BCUT2D eigenvalue weighted by atomic mass is 79.9. The highest BCUT2D eigenvalue weighted by Gasteiger charge is 2.19. The van der Waals surface area contributed by atoms with Crippen molar-refractivity contribution in [1.82, 2.24) is 5.32 Å². The fourth-order valence-corrected chi connectivity index (χ4v) is 3.00. The minimum Gasteiger partial charge on any atom is -0.489 e. The van der Waals surface area contributed by atoms with Gasteiger partial charge >= 0.3 is 0 Å². The third kappa shape index (κ3) is 4.56. The van der Waals surface area contributed by atoms with Crippen LogP contribution in [-0.2, 0) is 13.2 Å². The van der Waals surface area contributed by atoms with Crippen LogP contribution in [-0.4, -0.2) is 6.04 Å². The van der Waals surface area contributed by atoms with Gasteiger partial charge in [0.15, 0.2) is 0 Å². The van der Waals surface area contributed by atoms with Crippen molar-refractivity contribution in [1.29, 1.82) is 0 Å². The summed E-state index contributed by atoms with van der Waals surface area (Å²) in [4.78, 5) is 0. The molecule has 0 aromatic heterocycles. The summed E-state index contributed by atoms with van der Waals surface area (Å²) in [5, 5.41) is 3.53. The van der Waals surface area contributed by atoms with Gasteiger partial charge in [-0.05, 0) is 42.7 Å². The highest BCUT2D eigenvalue weighted by Crippen LogP contribution is 2.24. The zero-order valence-electron chi connectivity index (χ0n) is 11.6. The molecule has 0 spiro atoms. The average Bonchev–Trinajstić information content (AvgIpc) is 3.28. The summed E-state index contributed by atoms with van der Waals surface area (Å²) in [5.41, 5.74) is 2.46. The van der Waals surface area contributed by atoms with Crippen LogP contribution in [0.15, 0.2) is 51.4 Å². The number of hydrogen-bond acceptors (Lipinski definition) is 2. The van der Waals surface area contributed by atoms with Gasteiger partial charge in [-0.25, -0.2) is 0 Å². The number of ether oxygens (including phenoxy) is 1. The van der Waals surface area contributed by atoms with Crippen molar-refractivity contribution in [3.05, 3.63) is 62.5 Å². The maximum atomic E-state index is 5.83. The van der Waals surface area contributed by atoms with Crippen molar-refractivity contribution in [3.8, 4) is 5.75 Å². The van der Waals surface area contributed by atoms with Gasteiger partial charge in [-0.3, -0.25) is 0 Å². The lowest BCUT2D eigenvalue weighted by Gasteiger charge is -2.10. The zero-order valence-corrected chi connectivity index (χ0v) is 14.8. The largest absolute Gasteiger partial charge is 0.489 e. The van der Waals surface area contributed by atoms with Gasteiger partial charge in [0.2, 0.25) is 0 Å². The third-order valence-electron chi connectivity index (χ3n) is 3.48. The Morgan fingerprint density at radius 2 is 1.95 bits per heavy atom. The van der Waals surface area contributed by atoms with Crippen LogP contribution in [0.3, 0.4) is 0 Å². The van der Waals surface area contributed by atoms with Crippen LogP contribution in [0.1, 0.15) is 24.0 Å². The van der Waals surface area contributed by atoms with Crippen molar-refractivity contribution < 1.29 is 4.74 Å². The summed E-state index contributed by atoms with van der Waals surface area (Å²) in [6.45, 7) is 1.50. The molecule has 0 saturated heterocycles. The first-order valence-electron chi connectivity index (χ1n) is 7.10. The fourth-order valence-electron chi connectivity index (χ4n) is 2.09. The number of rotatable bonds is 6. The van der Waals surface area contributed by atoms with Gasteiger partial charge in [-0.2, -0.15) is 0 Å². The normalized spacial score (nSPS) is 14.2. The van der Waals surface area contributed by atoms with Crippen molar-refractivity contribution in [2.45, 2.75) is 32.0 Å². The molecule has 1 fully saturated rings. The van der Waals surface area contributed by atoms with Gasteiger partial charge in [-0.1, -0.05) is 50.1 Å². The van der Waals surface area contributed by atoms with Gasteiger partial charge in [0.05, 0.1) is 0 Å². The van der Waals surface area contributed by atoms with Gasteiger partial charge in [-0.15, -0.1) is 0 Å². The molecule has 0 amide bonds. The van der Waals surface area contributed by atoms with Gasteiger partial charge in [0.1, 0.15) is 12.4 Å². The first-order valence-corrected chi connectivity index (χ1v) is 8.68. The summed E-state index contributed by atoms with van der Waals surface area (Å²) in [7, 11) is 0. The van der Waals surface area contributed by atoms with E-state index in [9.17, 15) is 0 Å². The van der Waals surface area contributed by atoms with E-state index < -0.39 is 0 Å². The smallest absolute Gasteiger partial charge is 0.120 e. The Kier molecular flexibility index (Phi) is 4.99. The predicted molar refractivity (Wildman–Crippen MR) is 92.5 cm³/mol. The maximum absolute atomic E-state index is 5.83. The van der Waals surface area contributed by atoms with E-state index in [4.69, 9.17) is 4.74 Å². The Labute approximate surface area is 142 Å². The molecule has 0 unspecified atom stereocenters. The van der Waals surface area contributed by atoms with Crippen molar-refractivity contribution in [2.24, 2.45) is 0 Å². The minimum absolute atomic E-state index is 0.563. The molecule has 0 bridgehead atoms. The number of halogens is 2. The lowest BCUT2D eigenvalue weighted by Crippen LogP contribution is -2.15. The van der Waals surface area contributed by atoms with E-state index in [-0.39, 0.29) is 0 Å². The molecule has 1 N–H and O–H groups in total. The first kappa shape index (κ1) is 15.1. The summed E-state index contributed by atoms with van der Waals surface area (Å²) in [6.07, 6.45) is 2.64. The molecule has 1 saturated carbocycles. The number of hydrogen-bond donors (Lipinski definition) is 1. The quantitative estimate of drug-likeness (QED) is 0.719. The molecule has 4 heteroatoms. The first-order chi connectivity index (χ1) is 10.2. The van der Waals surface area contributed by atoms with Crippen LogP contribution in [0.4, 0.5) is 0 Å². The van der Waals surface area contributed by atoms with Crippen LogP contribution in [0.2, 0.25) is 0 Å². The molecule has 110 valence electrons. The molecule has 1 aliphatic carbocycles. The maximum Gasteiger partial charge on any atom is 0.120 e. The average molecular weight is 411 g/mol. The molecule has 1 aliphatic rings. The molecule has 21 heavy (non-hydrogen) atoms. The molecule has 2 aromatic carbocycles. The lowest BCUT2D eigenvalue weighted by atomic mass is 10.1. The van der Waals surface area contributed by atoms with E-state index in [1.165, 1.54) is 18.4 Å². The molecule has 0 atom stereocenters. The number of nitrogens with one attached hydrogen (secondary N) is 1. The SMILES string of the molecule is Brc1cccc(OCc2ccc(CNC3CC3)cc2Br)c1. The second-order valence-electron chi connectivity index (χ2n) is 5.33. The molecule has 0 aliphatic heterocycles. The molecular weight excluding hydrogens is 394 g/mol. The van der Waals surface area contributed by atoms with Gasteiger partial charge in [0.25, 0.3) is 0 Å². The molecule has 2 nitrogen and oxygen atoms in total. The van der Waals surface area contributed by atoms with Crippen molar-refractivity contribution in [3.63, 3.8) is 0 Å². The van der Waals surface area contributed by atoms with E-state index in [2.05, 4.69) is 55.4 Å². The van der Waals surface area contributed by atoms with Crippen LogP contribution < -0.4 is 10.1 Å². The van der Waals surface area contributed by atoms with Crippen molar-refractivity contribution >= 4 is 31.9 Å². The minimum atomic E-state index is 0.563. The Balaban J connectivity index is 1.59. The topological polar surface area (TPSA) is 21.3 Å². The molecule has 2 aromatic rings. The van der Waals surface area contributed by atoms with E-state index in [0.717, 1.165) is 32.8 Å². The molecular formula is C17H17Br2NO. The second kappa shape index (κ2) is 6.95.